The van der Waals surface area contributed by atoms with Gasteiger partial charge >= 0.3 is 0 Å². The summed E-state index contributed by atoms with van der Waals surface area (Å²) in [6.07, 6.45) is 0.413. The van der Waals surface area contributed by atoms with E-state index in [2.05, 4.69) is 13.0 Å². The molecule has 0 aliphatic carbocycles. The summed E-state index contributed by atoms with van der Waals surface area (Å²) in [6.45, 7) is 2.50. The molecule has 19 heavy (non-hydrogen) atoms. The molecule has 2 aromatic rings. The Labute approximate surface area is 122 Å². The van der Waals surface area contributed by atoms with E-state index in [0.29, 0.717) is 11.6 Å². The second-order valence-corrected chi connectivity index (χ2v) is 6.14. The summed E-state index contributed by atoms with van der Waals surface area (Å²) in [6, 6.07) is 11.6. The van der Waals surface area contributed by atoms with E-state index < -0.39 is 6.10 Å². The van der Waals surface area contributed by atoms with E-state index in [1.165, 1.54) is 4.88 Å². The van der Waals surface area contributed by atoms with Gasteiger partial charge in [-0.15, -0.1) is 11.3 Å². The maximum Gasteiger partial charge on any atom is 0.0962 e. The highest BCUT2D eigenvalue weighted by molar-refractivity contribution is 7.12. The molecule has 0 amide bonds. The summed E-state index contributed by atoms with van der Waals surface area (Å²) in [7, 11) is 0. The number of nitrogens with two attached hydrogens (primary N) is 1. The fourth-order valence-corrected chi connectivity index (χ4v) is 3.33. The van der Waals surface area contributed by atoms with Crippen molar-refractivity contribution in [3.8, 4) is 0 Å². The monoisotopic (exact) mass is 295 g/mol. The van der Waals surface area contributed by atoms with Crippen LogP contribution in [0.25, 0.3) is 0 Å². The van der Waals surface area contributed by atoms with Gasteiger partial charge in [-0.1, -0.05) is 30.7 Å². The largest absolute Gasteiger partial charge is 0.387 e. The van der Waals surface area contributed by atoms with E-state index in [0.717, 1.165) is 16.9 Å². The Hall–Kier alpha value is -0.870. The molecule has 3 N–H and O–H groups in total. The van der Waals surface area contributed by atoms with Crippen LogP contribution >= 0.6 is 22.9 Å². The van der Waals surface area contributed by atoms with E-state index in [9.17, 15) is 5.11 Å². The summed E-state index contributed by atoms with van der Waals surface area (Å²) in [5.74, 6) is -0.123. The number of benzene rings is 1. The van der Waals surface area contributed by atoms with Crippen LogP contribution in [-0.2, 0) is 6.42 Å². The minimum atomic E-state index is -0.575. The first kappa shape index (κ1) is 14.5. The summed E-state index contributed by atoms with van der Waals surface area (Å²) in [5, 5.41) is 11.2. The van der Waals surface area contributed by atoms with Gasteiger partial charge in [0, 0.05) is 27.2 Å². The average Bonchev–Trinajstić information content (AvgIpc) is 2.88. The number of aliphatic hydroxyl groups excluding tert-OH is 1. The lowest BCUT2D eigenvalue weighted by molar-refractivity contribution is 0.151. The molecule has 0 radical (unpaired) electrons. The van der Waals surface area contributed by atoms with Crippen molar-refractivity contribution in [1.29, 1.82) is 0 Å². The molecule has 0 spiro atoms. The molecule has 0 fully saturated rings. The molecule has 2 atom stereocenters. The normalized spacial score (nSPS) is 14.3. The van der Waals surface area contributed by atoms with E-state index in [4.69, 9.17) is 17.3 Å². The molecule has 2 rings (SSSR count). The highest BCUT2D eigenvalue weighted by Crippen LogP contribution is 2.34. The molecule has 0 saturated heterocycles. The highest BCUT2D eigenvalue weighted by Gasteiger charge is 2.23. The highest BCUT2D eigenvalue weighted by atomic mass is 35.5. The van der Waals surface area contributed by atoms with Gasteiger partial charge in [-0.3, -0.25) is 0 Å². The summed E-state index contributed by atoms with van der Waals surface area (Å²) in [5.41, 5.74) is 6.81. The number of aryl methyl sites for hydroxylation is 1. The van der Waals surface area contributed by atoms with E-state index in [1.807, 2.05) is 30.3 Å². The van der Waals surface area contributed by atoms with Crippen molar-refractivity contribution in [2.24, 2.45) is 5.73 Å². The summed E-state index contributed by atoms with van der Waals surface area (Å²) in [4.78, 5) is 2.24. The molecule has 0 bridgehead atoms. The zero-order valence-corrected chi connectivity index (χ0v) is 12.4. The molecule has 0 saturated carbocycles. The quantitative estimate of drug-likeness (QED) is 0.882. The Bertz CT molecular complexity index is 540. The number of aliphatic hydroxyl groups is 1. The topological polar surface area (TPSA) is 46.2 Å². The van der Waals surface area contributed by atoms with Crippen LogP contribution in [-0.4, -0.2) is 11.7 Å². The third-order valence-electron chi connectivity index (χ3n) is 3.23. The minimum Gasteiger partial charge on any atom is -0.387 e. The summed E-state index contributed by atoms with van der Waals surface area (Å²) >= 11 is 7.65. The SMILES string of the molecule is CCc1ccc(C(O)C(CN)c2cccc(Cl)c2)s1. The first-order valence-electron chi connectivity index (χ1n) is 6.38. The van der Waals surface area contributed by atoms with E-state index >= 15 is 0 Å². The zero-order valence-electron chi connectivity index (χ0n) is 10.8. The Kier molecular flexibility index (Phi) is 4.99. The van der Waals surface area contributed by atoms with Crippen LogP contribution in [0.3, 0.4) is 0 Å². The van der Waals surface area contributed by atoms with Crippen LogP contribution in [0.2, 0.25) is 5.02 Å². The molecular weight excluding hydrogens is 278 g/mol. The zero-order chi connectivity index (χ0) is 13.8. The predicted octanol–water partition coefficient (Wildman–Crippen LogP) is 3.74. The maximum absolute atomic E-state index is 10.5. The fraction of sp³-hybridized carbons (Fsp3) is 0.333. The first-order valence-corrected chi connectivity index (χ1v) is 7.57. The molecule has 2 nitrogen and oxygen atoms in total. The Morgan fingerprint density at radius 3 is 2.68 bits per heavy atom. The number of hydrogen-bond acceptors (Lipinski definition) is 3. The molecule has 1 aromatic heterocycles. The van der Waals surface area contributed by atoms with Crippen molar-refractivity contribution in [1.82, 2.24) is 0 Å². The van der Waals surface area contributed by atoms with Crippen molar-refractivity contribution in [2.45, 2.75) is 25.4 Å². The van der Waals surface area contributed by atoms with Crippen LogP contribution in [0.15, 0.2) is 36.4 Å². The lowest BCUT2D eigenvalue weighted by Gasteiger charge is -2.21. The Morgan fingerprint density at radius 2 is 2.11 bits per heavy atom. The second-order valence-electron chi connectivity index (χ2n) is 4.50. The van der Waals surface area contributed by atoms with Crippen molar-refractivity contribution in [3.05, 3.63) is 56.7 Å². The lowest BCUT2D eigenvalue weighted by atomic mass is 9.92. The molecule has 1 heterocycles. The number of thiophene rings is 1. The van der Waals surface area contributed by atoms with Gasteiger partial charge < -0.3 is 10.8 Å². The van der Waals surface area contributed by atoms with Crippen LogP contribution in [0, 0.1) is 0 Å². The van der Waals surface area contributed by atoms with Crippen LogP contribution in [0.1, 0.15) is 34.3 Å². The van der Waals surface area contributed by atoms with Crippen LogP contribution < -0.4 is 5.73 Å². The number of rotatable bonds is 5. The Morgan fingerprint density at radius 1 is 1.32 bits per heavy atom. The van der Waals surface area contributed by atoms with Gasteiger partial charge in [0.05, 0.1) is 6.10 Å². The third-order valence-corrected chi connectivity index (χ3v) is 4.77. The van der Waals surface area contributed by atoms with E-state index in [1.54, 1.807) is 11.3 Å². The van der Waals surface area contributed by atoms with Crippen molar-refractivity contribution < 1.29 is 5.11 Å². The molecule has 0 aliphatic rings. The molecule has 0 aliphatic heterocycles. The second kappa shape index (κ2) is 6.53. The summed E-state index contributed by atoms with van der Waals surface area (Å²) < 4.78 is 0. The standard InChI is InChI=1S/C15H18ClNOS/c1-2-12-6-7-14(19-12)15(18)13(9-17)10-4-3-5-11(16)8-10/h3-8,13,15,18H,2,9,17H2,1H3. The van der Waals surface area contributed by atoms with Crippen LogP contribution in [0.5, 0.6) is 0 Å². The Balaban J connectivity index is 2.26. The number of hydrogen-bond donors (Lipinski definition) is 2. The fourth-order valence-electron chi connectivity index (χ4n) is 2.13. The average molecular weight is 296 g/mol. The lowest BCUT2D eigenvalue weighted by Crippen LogP contribution is -2.19. The molecule has 2 unspecified atom stereocenters. The van der Waals surface area contributed by atoms with Crippen molar-refractivity contribution in [3.63, 3.8) is 0 Å². The molecule has 1 aromatic carbocycles. The van der Waals surface area contributed by atoms with Gasteiger partial charge in [0.2, 0.25) is 0 Å². The first-order chi connectivity index (χ1) is 9.15. The molecule has 4 heteroatoms. The van der Waals surface area contributed by atoms with Gasteiger partial charge in [0.1, 0.15) is 0 Å². The van der Waals surface area contributed by atoms with Gasteiger partial charge in [0.15, 0.2) is 0 Å². The number of halogens is 1. The predicted molar refractivity (Wildman–Crippen MR) is 81.9 cm³/mol. The van der Waals surface area contributed by atoms with Crippen molar-refractivity contribution in [2.75, 3.05) is 6.54 Å². The van der Waals surface area contributed by atoms with Gasteiger partial charge in [0.25, 0.3) is 0 Å². The van der Waals surface area contributed by atoms with Crippen molar-refractivity contribution >= 4 is 22.9 Å². The minimum absolute atomic E-state index is 0.123. The maximum atomic E-state index is 10.5. The molecular formula is C15H18ClNOS. The van der Waals surface area contributed by atoms with Gasteiger partial charge in [-0.25, -0.2) is 0 Å². The third kappa shape index (κ3) is 3.37. The van der Waals surface area contributed by atoms with Gasteiger partial charge in [-0.2, -0.15) is 0 Å². The smallest absolute Gasteiger partial charge is 0.0962 e. The van der Waals surface area contributed by atoms with E-state index in [-0.39, 0.29) is 5.92 Å². The van der Waals surface area contributed by atoms with Crippen LogP contribution in [0.4, 0.5) is 0 Å². The molecule has 102 valence electrons. The van der Waals surface area contributed by atoms with Gasteiger partial charge in [-0.05, 0) is 36.2 Å².